The number of aromatic nitrogens is 1. The molecule has 0 radical (unpaired) electrons. The molecule has 1 aromatic rings. The highest BCUT2D eigenvalue weighted by atomic mass is 16.5. The molecule has 1 aromatic heterocycles. The van der Waals surface area contributed by atoms with Gasteiger partial charge in [0.1, 0.15) is 5.75 Å². The predicted octanol–water partition coefficient (Wildman–Crippen LogP) is 1.63. The zero-order chi connectivity index (χ0) is 8.97. The first-order chi connectivity index (χ1) is 5.79. The number of hydrogen-bond donors (Lipinski definition) is 0. The van der Waals surface area contributed by atoms with E-state index >= 15 is 0 Å². The van der Waals surface area contributed by atoms with Crippen molar-refractivity contribution in [2.75, 3.05) is 7.11 Å². The summed E-state index contributed by atoms with van der Waals surface area (Å²) in [6.07, 6.45) is 3.16. The maximum Gasteiger partial charge on any atom is 0.130 e. The average Bonchev–Trinajstić information content (AvgIpc) is 2.16. The van der Waals surface area contributed by atoms with Gasteiger partial charge in [0.05, 0.1) is 24.3 Å². The minimum atomic E-state index is 0.361. The molecule has 0 aromatic carbocycles. The van der Waals surface area contributed by atoms with Crippen molar-refractivity contribution in [1.29, 1.82) is 5.26 Å². The molecular weight excluding hydrogens is 152 g/mol. The van der Waals surface area contributed by atoms with E-state index in [1.54, 1.807) is 25.6 Å². The van der Waals surface area contributed by atoms with Gasteiger partial charge in [-0.2, -0.15) is 5.26 Å². The Morgan fingerprint density at radius 3 is 3.08 bits per heavy atom. The molecule has 0 atom stereocenters. The van der Waals surface area contributed by atoms with E-state index in [9.17, 15) is 0 Å². The van der Waals surface area contributed by atoms with Gasteiger partial charge in [-0.05, 0) is 6.07 Å². The third-order valence-corrected chi connectivity index (χ3v) is 1.46. The van der Waals surface area contributed by atoms with E-state index in [1.165, 1.54) is 0 Å². The molecule has 0 spiro atoms. The molecule has 12 heavy (non-hydrogen) atoms. The maximum absolute atomic E-state index is 8.58. The van der Waals surface area contributed by atoms with E-state index in [4.69, 9.17) is 10.00 Å². The fourth-order valence-electron chi connectivity index (χ4n) is 0.847. The van der Waals surface area contributed by atoms with E-state index in [0.29, 0.717) is 16.9 Å². The molecule has 0 saturated carbocycles. The predicted molar refractivity (Wildman–Crippen MR) is 45.4 cm³/mol. The Kier molecular flexibility index (Phi) is 2.44. The molecule has 0 aliphatic carbocycles. The third-order valence-electron chi connectivity index (χ3n) is 1.46. The molecule has 0 aliphatic heterocycles. The molecule has 1 rings (SSSR count). The van der Waals surface area contributed by atoms with Crippen molar-refractivity contribution < 1.29 is 4.74 Å². The van der Waals surface area contributed by atoms with Crippen LogP contribution in [0.4, 0.5) is 0 Å². The molecule has 0 aliphatic rings. The third kappa shape index (κ3) is 1.43. The highest BCUT2D eigenvalue weighted by molar-refractivity contribution is 5.77. The van der Waals surface area contributed by atoms with Crippen LogP contribution in [0, 0.1) is 11.3 Å². The summed E-state index contributed by atoms with van der Waals surface area (Å²) in [5.41, 5.74) is 1.00. The Hall–Kier alpha value is -1.82. The van der Waals surface area contributed by atoms with Crippen molar-refractivity contribution in [2.45, 2.75) is 0 Å². The van der Waals surface area contributed by atoms with Gasteiger partial charge in [0.2, 0.25) is 0 Å². The molecule has 0 bridgehead atoms. The van der Waals surface area contributed by atoms with Crippen LogP contribution in [0.15, 0.2) is 25.0 Å². The lowest BCUT2D eigenvalue weighted by atomic mass is 10.1. The summed E-state index contributed by atoms with van der Waals surface area (Å²) in [5.74, 6) is 0.622. The second-order valence-corrected chi connectivity index (χ2v) is 2.17. The second kappa shape index (κ2) is 3.54. The maximum atomic E-state index is 8.58. The van der Waals surface area contributed by atoms with Crippen LogP contribution in [0.25, 0.3) is 5.57 Å². The molecule has 1 heterocycles. The lowest BCUT2D eigenvalue weighted by Gasteiger charge is -2.03. The largest absolute Gasteiger partial charge is 0.496 e. The average molecular weight is 160 g/mol. The van der Waals surface area contributed by atoms with Crippen molar-refractivity contribution in [3.8, 4) is 11.8 Å². The normalized spacial score (nSPS) is 8.67. The lowest BCUT2D eigenvalue weighted by molar-refractivity contribution is 0.413. The first-order valence-electron chi connectivity index (χ1n) is 3.37. The molecule has 3 heteroatoms. The minimum absolute atomic E-state index is 0.361. The van der Waals surface area contributed by atoms with Gasteiger partial charge in [-0.3, -0.25) is 4.98 Å². The van der Waals surface area contributed by atoms with Gasteiger partial charge in [-0.15, -0.1) is 0 Å². The number of nitrogens with zero attached hydrogens (tertiary/aromatic N) is 2. The standard InChI is InChI=1S/C9H8N2O/c1-7(5-10)8-6-11-4-3-9(8)12-2/h3-4,6H,1H2,2H3. The van der Waals surface area contributed by atoms with E-state index in [-0.39, 0.29) is 0 Å². The highest BCUT2D eigenvalue weighted by Gasteiger charge is 2.04. The first kappa shape index (κ1) is 8.28. The van der Waals surface area contributed by atoms with E-state index < -0.39 is 0 Å². The van der Waals surface area contributed by atoms with Crippen molar-refractivity contribution in [2.24, 2.45) is 0 Å². The van der Waals surface area contributed by atoms with Crippen LogP contribution in [-0.4, -0.2) is 12.1 Å². The van der Waals surface area contributed by atoms with Crippen LogP contribution in [0.5, 0.6) is 5.75 Å². The fraction of sp³-hybridized carbons (Fsp3) is 0.111. The highest BCUT2D eigenvalue weighted by Crippen LogP contribution is 2.22. The van der Waals surface area contributed by atoms with Gasteiger partial charge in [-0.25, -0.2) is 0 Å². The Bertz CT molecular complexity index is 339. The zero-order valence-corrected chi connectivity index (χ0v) is 6.74. The Morgan fingerprint density at radius 1 is 1.75 bits per heavy atom. The molecule has 0 saturated heterocycles. The quantitative estimate of drug-likeness (QED) is 0.617. The Balaban J connectivity index is 3.15. The summed E-state index contributed by atoms with van der Waals surface area (Å²) < 4.78 is 5.02. The smallest absolute Gasteiger partial charge is 0.130 e. The van der Waals surface area contributed by atoms with Crippen molar-refractivity contribution >= 4 is 5.57 Å². The number of pyridine rings is 1. The zero-order valence-electron chi connectivity index (χ0n) is 6.74. The SMILES string of the molecule is C=C(C#N)c1cnccc1OC. The van der Waals surface area contributed by atoms with Crippen LogP contribution < -0.4 is 4.74 Å². The number of rotatable bonds is 2. The first-order valence-corrected chi connectivity index (χ1v) is 3.37. The minimum Gasteiger partial charge on any atom is -0.496 e. The molecule has 0 N–H and O–H groups in total. The number of nitriles is 1. The summed E-state index contributed by atoms with van der Waals surface area (Å²) in [6, 6.07) is 3.63. The van der Waals surface area contributed by atoms with Crippen LogP contribution in [-0.2, 0) is 0 Å². The van der Waals surface area contributed by atoms with Gasteiger partial charge in [0.15, 0.2) is 0 Å². The van der Waals surface area contributed by atoms with Crippen molar-refractivity contribution in [3.63, 3.8) is 0 Å². The van der Waals surface area contributed by atoms with Gasteiger partial charge in [0.25, 0.3) is 0 Å². The van der Waals surface area contributed by atoms with Crippen LogP contribution in [0.2, 0.25) is 0 Å². The molecular formula is C9H8N2O. The van der Waals surface area contributed by atoms with Gasteiger partial charge in [0, 0.05) is 12.4 Å². The number of hydrogen-bond acceptors (Lipinski definition) is 3. The van der Waals surface area contributed by atoms with Crippen molar-refractivity contribution in [3.05, 3.63) is 30.6 Å². The van der Waals surface area contributed by atoms with E-state index in [0.717, 1.165) is 0 Å². The van der Waals surface area contributed by atoms with Gasteiger partial charge in [-0.1, -0.05) is 6.58 Å². The summed E-state index contributed by atoms with van der Waals surface area (Å²) in [4.78, 5) is 3.87. The number of ether oxygens (including phenoxy) is 1. The monoisotopic (exact) mass is 160 g/mol. The van der Waals surface area contributed by atoms with E-state index in [2.05, 4.69) is 11.6 Å². The Labute approximate surface area is 70.9 Å². The number of allylic oxidation sites excluding steroid dienone is 1. The molecule has 3 nitrogen and oxygen atoms in total. The fourth-order valence-corrected chi connectivity index (χ4v) is 0.847. The van der Waals surface area contributed by atoms with Gasteiger partial charge < -0.3 is 4.74 Å². The summed E-state index contributed by atoms with van der Waals surface area (Å²) in [5, 5.41) is 8.58. The molecule has 0 unspecified atom stereocenters. The van der Waals surface area contributed by atoms with Crippen molar-refractivity contribution in [1.82, 2.24) is 4.98 Å². The lowest BCUT2D eigenvalue weighted by Crippen LogP contribution is -1.90. The molecule has 0 amide bonds. The van der Waals surface area contributed by atoms with Gasteiger partial charge >= 0.3 is 0 Å². The second-order valence-electron chi connectivity index (χ2n) is 2.17. The summed E-state index contributed by atoms with van der Waals surface area (Å²) in [6.45, 7) is 3.57. The molecule has 60 valence electrons. The number of methoxy groups -OCH3 is 1. The topological polar surface area (TPSA) is 45.9 Å². The van der Waals surface area contributed by atoms with Crippen LogP contribution in [0.3, 0.4) is 0 Å². The molecule has 0 fully saturated rings. The van der Waals surface area contributed by atoms with Crippen LogP contribution in [0.1, 0.15) is 5.56 Å². The summed E-state index contributed by atoms with van der Waals surface area (Å²) in [7, 11) is 1.55. The summed E-state index contributed by atoms with van der Waals surface area (Å²) >= 11 is 0. The van der Waals surface area contributed by atoms with E-state index in [1.807, 2.05) is 6.07 Å². The van der Waals surface area contributed by atoms with Crippen LogP contribution >= 0.6 is 0 Å². The Morgan fingerprint density at radius 2 is 2.50 bits per heavy atom.